The van der Waals surface area contributed by atoms with E-state index in [2.05, 4.69) is 20.5 Å². The maximum absolute atomic E-state index is 6.26. The third kappa shape index (κ3) is 4.37. The number of methoxy groups -OCH3 is 1. The fraction of sp³-hybridized carbons (Fsp3) is 0.304. The van der Waals surface area contributed by atoms with Gasteiger partial charge in [0.1, 0.15) is 11.6 Å². The fourth-order valence-electron chi connectivity index (χ4n) is 3.84. The van der Waals surface area contributed by atoms with Crippen LogP contribution < -0.4 is 10.1 Å². The number of hydrogen-bond donors (Lipinski definition) is 1. The number of nitrogens with one attached hydrogen (secondary N) is 1. The van der Waals surface area contributed by atoms with Crippen molar-refractivity contribution in [1.82, 2.24) is 24.6 Å². The van der Waals surface area contributed by atoms with Gasteiger partial charge in [-0.05, 0) is 48.7 Å². The van der Waals surface area contributed by atoms with E-state index in [9.17, 15) is 0 Å². The maximum atomic E-state index is 6.26. The predicted molar refractivity (Wildman–Crippen MR) is 122 cm³/mol. The lowest BCUT2D eigenvalue weighted by molar-refractivity contribution is 0.0903. The standard InChI is InChI=1S/C23H23ClN6O2/c1-31-20-3-2-15(12-18(20)24)13-21-28-29-22-14-16(5-9-30(21)22)19-4-8-25-23(27-19)26-17-6-10-32-11-7-17/h2-5,8-9,12,14,17H,6-7,10-11,13H2,1H3,(H,25,26,27). The number of pyridine rings is 1. The predicted octanol–water partition coefficient (Wildman–Crippen LogP) is 4.03. The second-order valence-electron chi connectivity index (χ2n) is 7.70. The Bertz CT molecular complexity index is 1240. The van der Waals surface area contributed by atoms with E-state index in [4.69, 9.17) is 26.1 Å². The van der Waals surface area contributed by atoms with Gasteiger partial charge in [-0.15, -0.1) is 10.2 Å². The van der Waals surface area contributed by atoms with Crippen LogP contribution in [0.4, 0.5) is 5.95 Å². The van der Waals surface area contributed by atoms with E-state index in [1.807, 2.05) is 47.0 Å². The number of nitrogens with zero attached hydrogens (tertiary/aromatic N) is 5. The molecule has 1 aromatic carbocycles. The number of fused-ring (bicyclic) bond motifs is 1. The summed E-state index contributed by atoms with van der Waals surface area (Å²) >= 11 is 6.26. The summed E-state index contributed by atoms with van der Waals surface area (Å²) in [6, 6.07) is 12.0. The Labute approximate surface area is 190 Å². The molecule has 1 saturated heterocycles. The van der Waals surface area contributed by atoms with Crippen molar-refractivity contribution in [2.45, 2.75) is 25.3 Å². The van der Waals surface area contributed by atoms with E-state index < -0.39 is 0 Å². The number of anilines is 1. The second kappa shape index (κ2) is 9.10. The molecule has 164 valence electrons. The van der Waals surface area contributed by atoms with E-state index in [0.717, 1.165) is 54.3 Å². The Kier molecular flexibility index (Phi) is 5.87. The van der Waals surface area contributed by atoms with E-state index >= 15 is 0 Å². The van der Waals surface area contributed by atoms with Crippen LogP contribution >= 0.6 is 11.6 Å². The molecule has 1 N–H and O–H groups in total. The third-order valence-electron chi connectivity index (χ3n) is 5.56. The minimum absolute atomic E-state index is 0.340. The van der Waals surface area contributed by atoms with Gasteiger partial charge in [-0.2, -0.15) is 0 Å². The summed E-state index contributed by atoms with van der Waals surface area (Å²) in [5, 5.41) is 12.7. The summed E-state index contributed by atoms with van der Waals surface area (Å²) in [7, 11) is 1.60. The lowest BCUT2D eigenvalue weighted by atomic mass is 10.1. The van der Waals surface area contributed by atoms with Crippen LogP contribution in [-0.2, 0) is 11.2 Å². The molecule has 1 aliphatic rings. The molecule has 0 radical (unpaired) electrons. The van der Waals surface area contributed by atoms with Gasteiger partial charge in [-0.25, -0.2) is 9.97 Å². The number of benzene rings is 1. The molecule has 0 spiro atoms. The number of ether oxygens (including phenoxy) is 2. The molecule has 0 saturated carbocycles. The van der Waals surface area contributed by atoms with Crippen molar-refractivity contribution >= 4 is 23.2 Å². The SMILES string of the molecule is COc1ccc(Cc2nnc3cc(-c4ccnc(NC5CCOCC5)n4)ccn23)cc1Cl. The van der Waals surface area contributed by atoms with E-state index in [1.54, 1.807) is 13.3 Å². The highest BCUT2D eigenvalue weighted by Gasteiger charge is 2.15. The van der Waals surface area contributed by atoms with Crippen molar-refractivity contribution in [3.63, 3.8) is 0 Å². The van der Waals surface area contributed by atoms with Gasteiger partial charge in [0.2, 0.25) is 5.95 Å². The molecule has 0 unspecified atom stereocenters. The van der Waals surface area contributed by atoms with Gasteiger partial charge >= 0.3 is 0 Å². The van der Waals surface area contributed by atoms with E-state index in [1.165, 1.54) is 0 Å². The number of rotatable bonds is 6. The molecule has 1 aliphatic heterocycles. The van der Waals surface area contributed by atoms with Crippen LogP contribution in [0.5, 0.6) is 5.75 Å². The number of aromatic nitrogens is 5. The molecule has 0 amide bonds. The van der Waals surface area contributed by atoms with Gasteiger partial charge < -0.3 is 14.8 Å². The zero-order chi connectivity index (χ0) is 21.9. The first-order valence-electron chi connectivity index (χ1n) is 10.5. The van der Waals surface area contributed by atoms with Crippen LogP contribution in [0.25, 0.3) is 16.9 Å². The zero-order valence-corrected chi connectivity index (χ0v) is 18.4. The van der Waals surface area contributed by atoms with Crippen LogP contribution in [0, 0.1) is 0 Å². The number of halogens is 1. The lowest BCUT2D eigenvalue weighted by Gasteiger charge is -2.23. The van der Waals surface area contributed by atoms with Crippen molar-refractivity contribution in [3.8, 4) is 17.0 Å². The largest absolute Gasteiger partial charge is 0.495 e. The fourth-order valence-corrected chi connectivity index (χ4v) is 4.12. The molecular weight excluding hydrogens is 428 g/mol. The molecule has 5 rings (SSSR count). The summed E-state index contributed by atoms with van der Waals surface area (Å²) in [4.78, 5) is 9.07. The quantitative estimate of drug-likeness (QED) is 0.474. The zero-order valence-electron chi connectivity index (χ0n) is 17.7. The normalized spacial score (nSPS) is 14.6. The summed E-state index contributed by atoms with van der Waals surface area (Å²) in [5.74, 6) is 2.12. The monoisotopic (exact) mass is 450 g/mol. The van der Waals surface area contributed by atoms with Gasteiger partial charge in [-0.3, -0.25) is 4.40 Å². The molecule has 3 aromatic heterocycles. The Balaban J connectivity index is 1.37. The van der Waals surface area contributed by atoms with Gasteiger partial charge in [0.05, 0.1) is 17.8 Å². The maximum Gasteiger partial charge on any atom is 0.223 e. The van der Waals surface area contributed by atoms with Crippen molar-refractivity contribution in [3.05, 3.63) is 65.2 Å². The Morgan fingerprint density at radius 3 is 2.84 bits per heavy atom. The molecule has 32 heavy (non-hydrogen) atoms. The van der Waals surface area contributed by atoms with Gasteiger partial charge in [-0.1, -0.05) is 17.7 Å². The van der Waals surface area contributed by atoms with Crippen LogP contribution in [0.1, 0.15) is 24.2 Å². The number of hydrogen-bond acceptors (Lipinski definition) is 7. The van der Waals surface area contributed by atoms with Crippen molar-refractivity contribution in [1.29, 1.82) is 0 Å². The molecular formula is C23H23ClN6O2. The molecule has 0 atom stereocenters. The Morgan fingerprint density at radius 2 is 2.03 bits per heavy atom. The third-order valence-corrected chi connectivity index (χ3v) is 5.86. The molecule has 4 aromatic rings. The van der Waals surface area contributed by atoms with E-state index in [0.29, 0.717) is 29.2 Å². The Morgan fingerprint density at radius 1 is 1.16 bits per heavy atom. The van der Waals surface area contributed by atoms with Crippen LogP contribution in [0.2, 0.25) is 5.02 Å². The summed E-state index contributed by atoms with van der Waals surface area (Å²) in [5.41, 5.74) is 3.59. The lowest BCUT2D eigenvalue weighted by Crippen LogP contribution is -2.28. The first-order valence-corrected chi connectivity index (χ1v) is 10.9. The van der Waals surface area contributed by atoms with Gasteiger partial charge in [0.25, 0.3) is 0 Å². The average Bonchev–Trinajstić information content (AvgIpc) is 3.22. The first-order chi connectivity index (χ1) is 15.7. The highest BCUT2D eigenvalue weighted by atomic mass is 35.5. The summed E-state index contributed by atoms with van der Waals surface area (Å²) in [6.07, 6.45) is 6.27. The highest BCUT2D eigenvalue weighted by molar-refractivity contribution is 6.32. The molecule has 1 fully saturated rings. The highest BCUT2D eigenvalue weighted by Crippen LogP contribution is 2.26. The first kappa shape index (κ1) is 20.7. The van der Waals surface area contributed by atoms with Crippen molar-refractivity contribution in [2.24, 2.45) is 0 Å². The topological polar surface area (TPSA) is 86.5 Å². The summed E-state index contributed by atoms with van der Waals surface area (Å²) in [6.45, 7) is 1.54. The summed E-state index contributed by atoms with van der Waals surface area (Å²) < 4.78 is 12.6. The smallest absolute Gasteiger partial charge is 0.223 e. The van der Waals surface area contributed by atoms with Crippen molar-refractivity contribution < 1.29 is 9.47 Å². The Hall–Kier alpha value is -3.23. The minimum atomic E-state index is 0.340. The molecule has 4 heterocycles. The van der Waals surface area contributed by atoms with Crippen LogP contribution in [-0.4, -0.2) is 50.9 Å². The van der Waals surface area contributed by atoms with Gasteiger partial charge in [0.15, 0.2) is 5.65 Å². The minimum Gasteiger partial charge on any atom is -0.495 e. The molecule has 0 aliphatic carbocycles. The van der Waals surface area contributed by atoms with Gasteiger partial charge in [0, 0.05) is 43.6 Å². The molecule has 0 bridgehead atoms. The van der Waals surface area contributed by atoms with E-state index in [-0.39, 0.29) is 0 Å². The van der Waals surface area contributed by atoms with Crippen LogP contribution in [0.3, 0.4) is 0 Å². The average molecular weight is 451 g/mol. The van der Waals surface area contributed by atoms with Crippen LogP contribution in [0.15, 0.2) is 48.8 Å². The second-order valence-corrected chi connectivity index (χ2v) is 8.11. The van der Waals surface area contributed by atoms with Crippen molar-refractivity contribution in [2.75, 3.05) is 25.6 Å². The molecule has 9 heteroatoms. The molecule has 8 nitrogen and oxygen atoms in total.